The minimum Gasteiger partial charge on any atom is -0.493 e. The van der Waals surface area contributed by atoms with Crippen LogP contribution in [0.5, 0.6) is 23.0 Å². The number of hydrogen-bond acceptors (Lipinski definition) is 6. The molecule has 0 N–H and O–H groups in total. The molecule has 0 fully saturated rings. The molecule has 7 heteroatoms. The van der Waals surface area contributed by atoms with Crippen LogP contribution in [0.3, 0.4) is 0 Å². The summed E-state index contributed by atoms with van der Waals surface area (Å²) in [5.41, 5.74) is 4.55. The van der Waals surface area contributed by atoms with Crippen molar-refractivity contribution >= 4 is 23.4 Å². The SMILES string of the molecule is CCCC[N+]1(c2ccc(OCCCN(CC)CC)cc2OCCCN(CC)CC)C=Nc2cc(Oc3ccc(C(C)(C)C)cc3)ccc21. The maximum atomic E-state index is 6.65. The number of benzene rings is 3. The van der Waals surface area contributed by atoms with Crippen molar-refractivity contribution in [3.63, 3.8) is 0 Å². The molecule has 0 aliphatic carbocycles. The zero-order valence-corrected chi connectivity index (χ0v) is 31.1. The van der Waals surface area contributed by atoms with Crippen molar-refractivity contribution in [1.29, 1.82) is 0 Å². The van der Waals surface area contributed by atoms with Crippen molar-refractivity contribution in [2.24, 2.45) is 4.99 Å². The van der Waals surface area contributed by atoms with Gasteiger partial charge in [-0.15, -0.1) is 0 Å². The number of hydrogen-bond donors (Lipinski definition) is 0. The van der Waals surface area contributed by atoms with E-state index in [0.29, 0.717) is 17.7 Å². The molecule has 1 unspecified atom stereocenters. The first-order valence-corrected chi connectivity index (χ1v) is 18.4. The van der Waals surface area contributed by atoms with Gasteiger partial charge in [0.15, 0.2) is 17.1 Å². The molecule has 262 valence electrons. The fourth-order valence-electron chi connectivity index (χ4n) is 6.35. The van der Waals surface area contributed by atoms with Crippen LogP contribution in [0.4, 0.5) is 17.1 Å². The van der Waals surface area contributed by atoms with Gasteiger partial charge in [0.25, 0.3) is 0 Å². The van der Waals surface area contributed by atoms with Crippen LogP contribution in [-0.4, -0.2) is 75.2 Å². The third kappa shape index (κ3) is 9.61. The van der Waals surface area contributed by atoms with Crippen LogP contribution in [0, 0.1) is 0 Å². The molecule has 1 aliphatic rings. The zero-order valence-electron chi connectivity index (χ0n) is 31.1. The highest BCUT2D eigenvalue weighted by Crippen LogP contribution is 2.50. The molecule has 0 aromatic heterocycles. The van der Waals surface area contributed by atoms with Gasteiger partial charge in [-0.3, -0.25) is 0 Å². The smallest absolute Gasteiger partial charge is 0.201 e. The lowest BCUT2D eigenvalue weighted by molar-refractivity contribution is 0.241. The normalized spacial score (nSPS) is 15.7. The van der Waals surface area contributed by atoms with Gasteiger partial charge in [-0.25, -0.2) is 4.48 Å². The van der Waals surface area contributed by atoms with Gasteiger partial charge in [0, 0.05) is 37.4 Å². The molecule has 48 heavy (non-hydrogen) atoms. The standard InChI is InChI=1S/C41H61N4O3/c1-9-14-27-45(32-42-37-30-36(22-23-38(37)45)48-34-19-17-33(18-20-34)41(6,7)8)39-24-21-35(46-28-15-25-43(10-2)11-3)31-40(39)47-29-16-26-44(12-4)13-5/h17-24,30-32H,9-16,25-29H2,1-8H3/q+1. The van der Waals surface area contributed by atoms with E-state index in [1.807, 2.05) is 0 Å². The van der Waals surface area contributed by atoms with Crippen LogP contribution >= 0.6 is 0 Å². The highest BCUT2D eigenvalue weighted by atomic mass is 16.5. The van der Waals surface area contributed by atoms with Gasteiger partial charge in [0.05, 0.1) is 19.8 Å². The summed E-state index contributed by atoms with van der Waals surface area (Å²) < 4.78 is 19.8. The summed E-state index contributed by atoms with van der Waals surface area (Å²) >= 11 is 0. The van der Waals surface area contributed by atoms with Gasteiger partial charge in [-0.2, -0.15) is 4.99 Å². The number of ether oxygens (including phenoxy) is 3. The molecule has 1 aliphatic heterocycles. The molecule has 0 spiro atoms. The number of unbranched alkanes of at least 4 members (excludes halogenated alkanes) is 1. The summed E-state index contributed by atoms with van der Waals surface area (Å²) in [5, 5.41) is 0. The second-order valence-corrected chi connectivity index (χ2v) is 13.8. The van der Waals surface area contributed by atoms with Crippen LogP contribution in [0.15, 0.2) is 65.7 Å². The van der Waals surface area contributed by atoms with E-state index in [-0.39, 0.29) is 5.41 Å². The highest BCUT2D eigenvalue weighted by molar-refractivity contribution is 5.96. The average molecular weight is 658 g/mol. The van der Waals surface area contributed by atoms with Crippen LogP contribution in [0.25, 0.3) is 0 Å². The molecule has 3 aromatic carbocycles. The van der Waals surface area contributed by atoms with E-state index in [1.165, 1.54) is 5.56 Å². The fourth-order valence-corrected chi connectivity index (χ4v) is 6.35. The van der Waals surface area contributed by atoms with E-state index < -0.39 is 0 Å². The lowest BCUT2D eigenvalue weighted by Gasteiger charge is -2.32. The Morgan fingerprint density at radius 2 is 1.23 bits per heavy atom. The molecule has 0 saturated carbocycles. The third-order valence-electron chi connectivity index (χ3n) is 9.50. The quantitative estimate of drug-likeness (QED) is 0.0894. The van der Waals surface area contributed by atoms with Crippen molar-refractivity contribution in [2.75, 3.05) is 59.0 Å². The summed E-state index contributed by atoms with van der Waals surface area (Å²) in [7, 11) is 0. The number of nitrogens with zero attached hydrogens (tertiary/aromatic N) is 4. The third-order valence-corrected chi connectivity index (χ3v) is 9.50. The minimum absolute atomic E-state index is 0.101. The summed E-state index contributed by atoms with van der Waals surface area (Å²) in [5.74, 6) is 3.32. The first-order chi connectivity index (χ1) is 23.2. The molecule has 0 saturated heterocycles. The van der Waals surface area contributed by atoms with Crippen LogP contribution in [0.2, 0.25) is 0 Å². The van der Waals surface area contributed by atoms with E-state index in [9.17, 15) is 0 Å². The van der Waals surface area contributed by atoms with E-state index in [1.54, 1.807) is 0 Å². The van der Waals surface area contributed by atoms with Crippen LogP contribution < -0.4 is 18.7 Å². The lowest BCUT2D eigenvalue weighted by atomic mass is 9.87. The summed E-state index contributed by atoms with van der Waals surface area (Å²) in [6, 6.07) is 21.1. The Morgan fingerprint density at radius 3 is 1.83 bits per heavy atom. The zero-order chi connectivity index (χ0) is 34.6. The average Bonchev–Trinajstić information content (AvgIpc) is 3.45. The van der Waals surface area contributed by atoms with E-state index >= 15 is 0 Å². The predicted octanol–water partition coefficient (Wildman–Crippen LogP) is 10.1. The first kappa shape index (κ1) is 37.4. The molecule has 1 heterocycles. The van der Waals surface area contributed by atoms with Crippen molar-refractivity contribution in [3.05, 3.63) is 66.2 Å². The van der Waals surface area contributed by atoms with Gasteiger partial charge in [-0.1, -0.05) is 73.9 Å². The molecule has 0 bridgehead atoms. The summed E-state index contributed by atoms with van der Waals surface area (Å²) in [6.07, 6.45) is 6.18. The van der Waals surface area contributed by atoms with Crippen LogP contribution in [0.1, 0.15) is 86.6 Å². The number of rotatable bonds is 20. The predicted molar refractivity (Wildman–Crippen MR) is 203 cm³/mol. The van der Waals surface area contributed by atoms with Crippen molar-refractivity contribution in [2.45, 2.75) is 86.5 Å². The Kier molecular flexibility index (Phi) is 13.9. The highest BCUT2D eigenvalue weighted by Gasteiger charge is 2.41. The molecule has 7 nitrogen and oxygen atoms in total. The second-order valence-electron chi connectivity index (χ2n) is 13.8. The Morgan fingerprint density at radius 1 is 0.646 bits per heavy atom. The van der Waals surface area contributed by atoms with Crippen molar-refractivity contribution < 1.29 is 14.2 Å². The van der Waals surface area contributed by atoms with Gasteiger partial charge < -0.3 is 24.0 Å². The molecule has 3 aromatic rings. The van der Waals surface area contributed by atoms with Crippen LogP contribution in [-0.2, 0) is 5.41 Å². The molecule has 0 radical (unpaired) electrons. The minimum atomic E-state index is 0.101. The number of quaternary nitrogens is 1. The van der Waals surface area contributed by atoms with Gasteiger partial charge in [0.2, 0.25) is 6.34 Å². The molecular weight excluding hydrogens is 596 g/mol. The lowest BCUT2D eigenvalue weighted by Crippen LogP contribution is -2.42. The summed E-state index contributed by atoms with van der Waals surface area (Å²) in [4.78, 5) is 9.87. The first-order valence-electron chi connectivity index (χ1n) is 18.4. The number of fused-ring (bicyclic) bond motifs is 1. The van der Waals surface area contributed by atoms with Crippen molar-refractivity contribution in [3.8, 4) is 23.0 Å². The Hall–Kier alpha value is -3.39. The van der Waals surface area contributed by atoms with E-state index in [2.05, 4.69) is 132 Å². The topological polar surface area (TPSA) is 46.5 Å². The monoisotopic (exact) mass is 657 g/mol. The molecule has 0 amide bonds. The maximum Gasteiger partial charge on any atom is 0.201 e. The Labute approximate surface area is 291 Å². The second kappa shape index (κ2) is 17.8. The number of aliphatic imine (C=N–C) groups is 1. The molecule has 1 atom stereocenters. The summed E-state index contributed by atoms with van der Waals surface area (Å²) in [6.45, 7) is 26.3. The van der Waals surface area contributed by atoms with Gasteiger partial charge in [0.1, 0.15) is 22.9 Å². The van der Waals surface area contributed by atoms with Gasteiger partial charge >= 0.3 is 0 Å². The fraction of sp³-hybridized carbons (Fsp3) is 0.537. The Balaban J connectivity index is 1.61. The van der Waals surface area contributed by atoms with Crippen molar-refractivity contribution in [1.82, 2.24) is 14.3 Å². The molecule has 4 rings (SSSR count). The molecular formula is C41H61N4O3+. The Bertz CT molecular complexity index is 1440. The van der Waals surface area contributed by atoms with Gasteiger partial charge in [-0.05, 0) is 80.7 Å². The largest absolute Gasteiger partial charge is 0.493 e. The maximum absolute atomic E-state index is 6.65. The van der Waals surface area contributed by atoms with E-state index in [0.717, 1.165) is 112 Å². The van der Waals surface area contributed by atoms with E-state index in [4.69, 9.17) is 19.2 Å².